The van der Waals surface area contributed by atoms with Gasteiger partial charge in [0.25, 0.3) is 0 Å². The fourth-order valence-electron chi connectivity index (χ4n) is 0.746. The Hall–Kier alpha value is -0.610. The molecule has 0 fully saturated rings. The van der Waals surface area contributed by atoms with Crippen molar-refractivity contribution in [1.82, 2.24) is 0 Å². The van der Waals surface area contributed by atoms with Crippen LogP contribution in [0.15, 0.2) is 0 Å². The molecular formula is C9H19NO3. The van der Waals surface area contributed by atoms with Gasteiger partial charge < -0.3 is 15.6 Å². The molecule has 0 aromatic heterocycles. The molecule has 2 atom stereocenters. The van der Waals surface area contributed by atoms with Gasteiger partial charge >= 0.3 is 5.97 Å². The molecule has 2 unspecified atom stereocenters. The second kappa shape index (κ2) is 4.58. The van der Waals surface area contributed by atoms with Gasteiger partial charge in [0.15, 0.2) is 0 Å². The summed E-state index contributed by atoms with van der Waals surface area (Å²) in [6, 6.07) is -0.546. The van der Waals surface area contributed by atoms with Gasteiger partial charge in [-0.3, -0.25) is 4.79 Å². The maximum Gasteiger partial charge on any atom is 0.307 e. The van der Waals surface area contributed by atoms with Crippen LogP contribution in [0, 0.1) is 0 Å². The fourth-order valence-corrected chi connectivity index (χ4v) is 0.746. The predicted molar refractivity (Wildman–Crippen MR) is 50.1 cm³/mol. The molecule has 0 aromatic carbocycles. The first-order valence-corrected chi connectivity index (χ1v) is 4.38. The van der Waals surface area contributed by atoms with Crippen molar-refractivity contribution in [2.45, 2.75) is 51.9 Å². The normalized spacial score (nSPS) is 16.5. The topological polar surface area (TPSA) is 72.5 Å². The summed E-state index contributed by atoms with van der Waals surface area (Å²) in [4.78, 5) is 11.2. The van der Waals surface area contributed by atoms with E-state index in [-0.39, 0.29) is 12.4 Å². The first-order valence-electron chi connectivity index (χ1n) is 4.38. The number of ether oxygens (including phenoxy) is 1. The van der Waals surface area contributed by atoms with Crippen LogP contribution in [0.1, 0.15) is 34.1 Å². The van der Waals surface area contributed by atoms with E-state index >= 15 is 0 Å². The van der Waals surface area contributed by atoms with Crippen LogP contribution in [0.4, 0.5) is 0 Å². The summed E-state index contributed by atoms with van der Waals surface area (Å²) >= 11 is 0. The second-order valence-electron chi connectivity index (χ2n) is 4.20. The molecule has 0 amide bonds. The highest BCUT2D eigenvalue weighted by molar-refractivity contribution is 5.70. The molecule has 0 aliphatic heterocycles. The van der Waals surface area contributed by atoms with E-state index in [2.05, 4.69) is 0 Å². The minimum absolute atomic E-state index is 0.0505. The number of aliphatic hydroxyl groups excluding tert-OH is 1. The van der Waals surface area contributed by atoms with Crippen LogP contribution in [-0.2, 0) is 9.53 Å². The maximum absolute atomic E-state index is 11.2. The molecule has 4 nitrogen and oxygen atoms in total. The maximum atomic E-state index is 11.2. The van der Waals surface area contributed by atoms with Crippen LogP contribution in [0.3, 0.4) is 0 Å². The van der Waals surface area contributed by atoms with E-state index in [0.29, 0.717) is 0 Å². The molecule has 0 aliphatic carbocycles. The Morgan fingerprint density at radius 3 is 2.31 bits per heavy atom. The van der Waals surface area contributed by atoms with E-state index in [9.17, 15) is 4.79 Å². The molecule has 0 rings (SSSR count). The Labute approximate surface area is 79.1 Å². The van der Waals surface area contributed by atoms with Crippen molar-refractivity contribution in [3.8, 4) is 0 Å². The summed E-state index contributed by atoms with van der Waals surface area (Å²) in [6.07, 6.45) is -0.637. The van der Waals surface area contributed by atoms with Gasteiger partial charge in [-0.25, -0.2) is 0 Å². The largest absolute Gasteiger partial charge is 0.460 e. The highest BCUT2D eigenvalue weighted by Crippen LogP contribution is 2.09. The van der Waals surface area contributed by atoms with Crippen LogP contribution in [-0.4, -0.2) is 28.8 Å². The Morgan fingerprint density at radius 2 is 2.00 bits per heavy atom. The number of hydrogen-bond acceptors (Lipinski definition) is 4. The lowest BCUT2D eigenvalue weighted by Crippen LogP contribution is -2.36. The molecule has 0 aromatic rings. The summed E-state index contributed by atoms with van der Waals surface area (Å²) in [5.74, 6) is -0.374. The van der Waals surface area contributed by atoms with E-state index in [1.165, 1.54) is 0 Å². The van der Waals surface area contributed by atoms with E-state index in [1.807, 2.05) is 0 Å². The monoisotopic (exact) mass is 189 g/mol. The predicted octanol–water partition coefficient (Wildman–Crippen LogP) is 0.426. The first kappa shape index (κ1) is 12.4. The van der Waals surface area contributed by atoms with Gasteiger partial charge in [0, 0.05) is 6.04 Å². The summed E-state index contributed by atoms with van der Waals surface area (Å²) in [5.41, 5.74) is 4.99. The van der Waals surface area contributed by atoms with Gasteiger partial charge in [-0.15, -0.1) is 0 Å². The third-order valence-electron chi connectivity index (χ3n) is 1.44. The number of carbonyl (C=O) groups is 1. The van der Waals surface area contributed by atoms with Crippen molar-refractivity contribution in [2.24, 2.45) is 5.73 Å². The zero-order chi connectivity index (χ0) is 10.6. The Kier molecular flexibility index (Phi) is 4.36. The van der Waals surface area contributed by atoms with Crippen molar-refractivity contribution in [3.63, 3.8) is 0 Å². The van der Waals surface area contributed by atoms with E-state index in [0.717, 1.165) is 0 Å². The van der Waals surface area contributed by atoms with E-state index in [4.69, 9.17) is 15.6 Å². The summed E-state index contributed by atoms with van der Waals surface area (Å²) in [7, 11) is 0. The molecule has 0 saturated heterocycles. The minimum atomic E-state index is -0.687. The molecule has 0 radical (unpaired) electrons. The van der Waals surface area contributed by atoms with E-state index in [1.54, 1.807) is 27.7 Å². The standard InChI is InChI=1S/C9H19NO3/c1-6(11)7(10)5-8(12)13-9(2,3)4/h6-7,11H,5,10H2,1-4H3. The van der Waals surface area contributed by atoms with Crippen LogP contribution >= 0.6 is 0 Å². The van der Waals surface area contributed by atoms with Crippen molar-refractivity contribution in [2.75, 3.05) is 0 Å². The zero-order valence-electron chi connectivity index (χ0n) is 8.70. The Bertz CT molecular complexity index is 172. The number of rotatable bonds is 3. The first-order chi connectivity index (χ1) is 5.72. The SMILES string of the molecule is CC(O)C(N)CC(=O)OC(C)(C)C. The van der Waals surface area contributed by atoms with Gasteiger partial charge in [-0.2, -0.15) is 0 Å². The lowest BCUT2D eigenvalue weighted by Gasteiger charge is -2.21. The smallest absolute Gasteiger partial charge is 0.307 e. The van der Waals surface area contributed by atoms with Crippen molar-refractivity contribution in [3.05, 3.63) is 0 Å². The molecule has 0 saturated carbocycles. The molecule has 78 valence electrons. The van der Waals surface area contributed by atoms with Gasteiger partial charge in [-0.1, -0.05) is 0 Å². The molecule has 4 heteroatoms. The fraction of sp³-hybridized carbons (Fsp3) is 0.889. The molecule has 13 heavy (non-hydrogen) atoms. The third kappa shape index (κ3) is 6.54. The number of nitrogens with two attached hydrogens (primary N) is 1. The molecule has 3 N–H and O–H groups in total. The molecule has 0 bridgehead atoms. The highest BCUT2D eigenvalue weighted by Gasteiger charge is 2.20. The van der Waals surface area contributed by atoms with Crippen LogP contribution in [0.25, 0.3) is 0 Å². The van der Waals surface area contributed by atoms with Gasteiger partial charge in [-0.05, 0) is 27.7 Å². The van der Waals surface area contributed by atoms with Gasteiger partial charge in [0.2, 0.25) is 0 Å². The summed E-state index contributed by atoms with van der Waals surface area (Å²) in [5, 5.41) is 9.04. The molecular weight excluding hydrogens is 170 g/mol. The average molecular weight is 189 g/mol. The van der Waals surface area contributed by atoms with Crippen molar-refractivity contribution < 1.29 is 14.6 Å². The summed E-state index contributed by atoms with van der Waals surface area (Å²) < 4.78 is 5.03. The van der Waals surface area contributed by atoms with Crippen LogP contribution < -0.4 is 5.73 Å². The number of hydrogen-bond donors (Lipinski definition) is 2. The lowest BCUT2D eigenvalue weighted by molar-refractivity contribution is -0.155. The number of esters is 1. The second-order valence-corrected chi connectivity index (χ2v) is 4.20. The highest BCUT2D eigenvalue weighted by atomic mass is 16.6. The third-order valence-corrected chi connectivity index (χ3v) is 1.44. The van der Waals surface area contributed by atoms with E-state index < -0.39 is 17.7 Å². The number of carbonyl (C=O) groups excluding carboxylic acids is 1. The Balaban J connectivity index is 3.89. The van der Waals surface area contributed by atoms with Crippen LogP contribution in [0.2, 0.25) is 0 Å². The van der Waals surface area contributed by atoms with Gasteiger partial charge in [0.1, 0.15) is 5.60 Å². The van der Waals surface area contributed by atoms with Gasteiger partial charge in [0.05, 0.1) is 12.5 Å². The zero-order valence-corrected chi connectivity index (χ0v) is 8.70. The Morgan fingerprint density at radius 1 is 1.54 bits per heavy atom. The quantitative estimate of drug-likeness (QED) is 0.631. The number of aliphatic hydroxyl groups is 1. The van der Waals surface area contributed by atoms with Crippen molar-refractivity contribution in [1.29, 1.82) is 0 Å². The molecule has 0 aliphatic rings. The molecule has 0 spiro atoms. The summed E-state index contributed by atoms with van der Waals surface area (Å²) in [6.45, 7) is 6.92. The molecule has 0 heterocycles. The van der Waals surface area contributed by atoms with Crippen molar-refractivity contribution >= 4 is 5.97 Å². The minimum Gasteiger partial charge on any atom is -0.460 e. The average Bonchev–Trinajstić information content (AvgIpc) is 1.81. The van der Waals surface area contributed by atoms with Crippen LogP contribution in [0.5, 0.6) is 0 Å². The lowest BCUT2D eigenvalue weighted by atomic mass is 10.1.